The molecule has 2 atom stereocenters. The summed E-state index contributed by atoms with van der Waals surface area (Å²) in [6.45, 7) is 3.61. The first kappa shape index (κ1) is 6.55. The third-order valence-electron chi connectivity index (χ3n) is 2.47. The Bertz CT molecular complexity index is 125. The van der Waals surface area contributed by atoms with Crippen LogP contribution in [0.15, 0.2) is 0 Å². The van der Waals surface area contributed by atoms with Gasteiger partial charge in [0.25, 0.3) is 0 Å². The summed E-state index contributed by atoms with van der Waals surface area (Å²) in [7, 11) is 0. The number of hydrogen-bond donors (Lipinski definition) is 1. The normalized spacial score (nSPS) is 41.7. The second-order valence-electron chi connectivity index (χ2n) is 3.13. The molecule has 0 aromatic rings. The van der Waals surface area contributed by atoms with Crippen LogP contribution in [0, 0.1) is 0 Å². The van der Waals surface area contributed by atoms with Crippen molar-refractivity contribution >= 4 is 0 Å². The van der Waals surface area contributed by atoms with Gasteiger partial charge in [0.1, 0.15) is 6.17 Å². The molecule has 0 radical (unpaired) electrons. The number of nitrogens with zero attached hydrogens (tertiary/aromatic N) is 1. The molecular formula is C7H13FN2. The molecule has 10 heavy (non-hydrogen) atoms. The summed E-state index contributed by atoms with van der Waals surface area (Å²) in [5.74, 6) is 0. The zero-order valence-electron chi connectivity index (χ0n) is 6.02. The molecule has 0 saturated carbocycles. The maximum Gasteiger partial charge on any atom is 0.129 e. The van der Waals surface area contributed by atoms with Gasteiger partial charge in [-0.25, -0.2) is 4.39 Å². The SMILES string of the molecule is F[C@@H]1CNC[C@@H]1N1CCC1. The summed E-state index contributed by atoms with van der Waals surface area (Å²) in [6, 6.07) is 0.189. The van der Waals surface area contributed by atoms with Gasteiger partial charge in [-0.05, 0) is 19.5 Å². The fourth-order valence-corrected chi connectivity index (χ4v) is 1.66. The molecule has 2 saturated heterocycles. The standard InChI is InChI=1S/C7H13FN2/c8-6-4-9-5-7(6)10-2-1-3-10/h6-7,9H,1-5H2/t6-,7+/m1/s1. The number of hydrogen-bond acceptors (Lipinski definition) is 2. The Morgan fingerprint density at radius 1 is 1.30 bits per heavy atom. The average molecular weight is 144 g/mol. The average Bonchev–Trinajstić information content (AvgIpc) is 2.12. The first-order valence-electron chi connectivity index (χ1n) is 3.97. The van der Waals surface area contributed by atoms with Crippen molar-refractivity contribution in [2.45, 2.75) is 18.6 Å². The molecule has 0 aromatic heterocycles. The molecule has 1 N–H and O–H groups in total. The van der Waals surface area contributed by atoms with Crippen LogP contribution in [0.3, 0.4) is 0 Å². The molecule has 0 amide bonds. The lowest BCUT2D eigenvalue weighted by atomic mass is 10.1. The van der Waals surface area contributed by atoms with Crippen LogP contribution in [0.1, 0.15) is 6.42 Å². The van der Waals surface area contributed by atoms with Crippen molar-refractivity contribution in [1.29, 1.82) is 0 Å². The van der Waals surface area contributed by atoms with Crippen molar-refractivity contribution in [2.75, 3.05) is 26.2 Å². The van der Waals surface area contributed by atoms with E-state index in [1.165, 1.54) is 6.42 Å². The molecular weight excluding hydrogens is 131 g/mol. The highest BCUT2D eigenvalue weighted by Gasteiger charge is 2.34. The number of alkyl halides is 1. The molecule has 3 heteroatoms. The number of nitrogens with one attached hydrogen (secondary N) is 1. The van der Waals surface area contributed by atoms with E-state index in [1.54, 1.807) is 0 Å². The van der Waals surface area contributed by atoms with E-state index in [1.807, 2.05) is 0 Å². The van der Waals surface area contributed by atoms with Gasteiger partial charge in [0.2, 0.25) is 0 Å². The second-order valence-corrected chi connectivity index (χ2v) is 3.13. The van der Waals surface area contributed by atoms with Gasteiger partial charge in [-0.3, -0.25) is 4.90 Å². The number of rotatable bonds is 1. The Labute approximate surface area is 60.4 Å². The molecule has 2 heterocycles. The first-order valence-corrected chi connectivity index (χ1v) is 3.97. The lowest BCUT2D eigenvalue weighted by Gasteiger charge is -2.36. The predicted molar refractivity (Wildman–Crippen MR) is 37.7 cm³/mol. The lowest BCUT2D eigenvalue weighted by Crippen LogP contribution is -2.49. The molecule has 0 spiro atoms. The third kappa shape index (κ3) is 0.935. The quantitative estimate of drug-likeness (QED) is 0.557. The van der Waals surface area contributed by atoms with Crippen LogP contribution >= 0.6 is 0 Å². The molecule has 0 unspecified atom stereocenters. The predicted octanol–water partition coefficient (Wildman–Crippen LogP) is 0.00200. The molecule has 0 bridgehead atoms. The fraction of sp³-hybridized carbons (Fsp3) is 1.00. The molecule has 2 fully saturated rings. The molecule has 2 aliphatic heterocycles. The summed E-state index contributed by atoms with van der Waals surface area (Å²) < 4.78 is 13.0. The van der Waals surface area contributed by atoms with Gasteiger partial charge in [-0.15, -0.1) is 0 Å². The zero-order valence-corrected chi connectivity index (χ0v) is 6.02. The van der Waals surface area contributed by atoms with E-state index in [0.29, 0.717) is 6.54 Å². The van der Waals surface area contributed by atoms with E-state index in [9.17, 15) is 4.39 Å². The maximum atomic E-state index is 13.0. The minimum absolute atomic E-state index is 0.189. The van der Waals surface area contributed by atoms with Crippen molar-refractivity contribution in [3.63, 3.8) is 0 Å². The summed E-state index contributed by atoms with van der Waals surface area (Å²) in [5, 5.41) is 3.05. The van der Waals surface area contributed by atoms with E-state index >= 15 is 0 Å². The van der Waals surface area contributed by atoms with Crippen LogP contribution in [-0.4, -0.2) is 43.3 Å². The fourth-order valence-electron chi connectivity index (χ4n) is 1.66. The highest BCUT2D eigenvalue weighted by molar-refractivity contribution is 4.91. The van der Waals surface area contributed by atoms with Crippen molar-refractivity contribution in [1.82, 2.24) is 10.2 Å². The summed E-state index contributed by atoms with van der Waals surface area (Å²) in [6.07, 6.45) is 0.628. The van der Waals surface area contributed by atoms with Crippen molar-refractivity contribution in [3.8, 4) is 0 Å². The smallest absolute Gasteiger partial charge is 0.129 e. The topological polar surface area (TPSA) is 15.3 Å². The van der Waals surface area contributed by atoms with Crippen molar-refractivity contribution in [3.05, 3.63) is 0 Å². The zero-order chi connectivity index (χ0) is 6.97. The monoisotopic (exact) mass is 144 g/mol. The Balaban J connectivity index is 1.90. The molecule has 58 valence electrons. The van der Waals surface area contributed by atoms with E-state index in [2.05, 4.69) is 10.2 Å². The maximum absolute atomic E-state index is 13.0. The Morgan fingerprint density at radius 3 is 2.50 bits per heavy atom. The van der Waals surface area contributed by atoms with Gasteiger partial charge < -0.3 is 5.32 Å². The van der Waals surface area contributed by atoms with Crippen LogP contribution in [0.2, 0.25) is 0 Å². The van der Waals surface area contributed by atoms with Crippen LogP contribution in [-0.2, 0) is 0 Å². The van der Waals surface area contributed by atoms with Crippen LogP contribution < -0.4 is 5.32 Å². The largest absolute Gasteiger partial charge is 0.312 e. The van der Waals surface area contributed by atoms with Gasteiger partial charge in [0.05, 0.1) is 6.04 Å². The Kier molecular flexibility index (Phi) is 1.62. The lowest BCUT2D eigenvalue weighted by molar-refractivity contribution is 0.0853. The molecule has 2 rings (SSSR count). The molecule has 0 aliphatic carbocycles. The minimum Gasteiger partial charge on any atom is -0.312 e. The molecule has 2 aliphatic rings. The first-order chi connectivity index (χ1) is 4.88. The minimum atomic E-state index is -0.625. The van der Waals surface area contributed by atoms with Gasteiger partial charge in [-0.2, -0.15) is 0 Å². The van der Waals surface area contributed by atoms with Crippen molar-refractivity contribution in [2.24, 2.45) is 0 Å². The summed E-state index contributed by atoms with van der Waals surface area (Å²) >= 11 is 0. The van der Waals surface area contributed by atoms with Gasteiger partial charge in [0, 0.05) is 13.1 Å². The highest BCUT2D eigenvalue weighted by atomic mass is 19.1. The third-order valence-corrected chi connectivity index (χ3v) is 2.47. The van der Waals surface area contributed by atoms with E-state index in [4.69, 9.17) is 0 Å². The summed E-state index contributed by atoms with van der Waals surface area (Å²) in [5.41, 5.74) is 0. The second kappa shape index (κ2) is 2.47. The van der Waals surface area contributed by atoms with E-state index in [-0.39, 0.29) is 6.04 Å². The van der Waals surface area contributed by atoms with Crippen molar-refractivity contribution < 1.29 is 4.39 Å². The number of likely N-dealkylation sites (tertiary alicyclic amines) is 1. The van der Waals surface area contributed by atoms with E-state index < -0.39 is 6.17 Å². The number of halogens is 1. The van der Waals surface area contributed by atoms with Crippen LogP contribution in [0.5, 0.6) is 0 Å². The van der Waals surface area contributed by atoms with Gasteiger partial charge >= 0.3 is 0 Å². The van der Waals surface area contributed by atoms with Crippen LogP contribution in [0.4, 0.5) is 4.39 Å². The van der Waals surface area contributed by atoms with Gasteiger partial charge in [-0.1, -0.05) is 0 Å². The summed E-state index contributed by atoms with van der Waals surface area (Å²) in [4.78, 5) is 2.23. The molecule has 0 aromatic carbocycles. The van der Waals surface area contributed by atoms with Gasteiger partial charge in [0.15, 0.2) is 0 Å². The van der Waals surface area contributed by atoms with Crippen LogP contribution in [0.25, 0.3) is 0 Å². The molecule has 2 nitrogen and oxygen atoms in total. The highest BCUT2D eigenvalue weighted by Crippen LogP contribution is 2.18. The Morgan fingerprint density at radius 2 is 2.10 bits per heavy atom. The van der Waals surface area contributed by atoms with E-state index in [0.717, 1.165) is 19.6 Å². The Hall–Kier alpha value is -0.150.